The molecule has 0 fully saturated rings. The minimum absolute atomic E-state index is 0.469. The van der Waals surface area contributed by atoms with Crippen molar-refractivity contribution in [2.45, 2.75) is 13.2 Å². The Kier molecular flexibility index (Phi) is 1.98. The number of rotatable bonds is 1. The fraction of sp³-hybridized carbons (Fsp3) is 0.167. The molecule has 1 aromatic carbocycles. The number of fused-ring (bicyclic) bond motifs is 1. The second-order valence-electron chi connectivity index (χ2n) is 3.63. The Labute approximate surface area is 92.7 Å². The first kappa shape index (κ1) is 9.13. The molecular weight excluding hydrogens is 202 g/mol. The summed E-state index contributed by atoms with van der Waals surface area (Å²) in [6.07, 6.45) is 0. The zero-order valence-corrected chi connectivity index (χ0v) is 8.55. The van der Waals surface area contributed by atoms with Crippen molar-refractivity contribution in [3.63, 3.8) is 0 Å². The van der Waals surface area contributed by atoms with Gasteiger partial charge >= 0.3 is 0 Å². The van der Waals surface area contributed by atoms with Crippen molar-refractivity contribution < 1.29 is 4.74 Å². The van der Waals surface area contributed by atoms with E-state index in [4.69, 9.17) is 10.00 Å². The maximum absolute atomic E-state index is 8.98. The van der Waals surface area contributed by atoms with E-state index >= 15 is 0 Å². The van der Waals surface area contributed by atoms with Crippen LogP contribution in [0, 0.1) is 11.3 Å². The van der Waals surface area contributed by atoms with Crippen LogP contribution >= 0.6 is 0 Å². The van der Waals surface area contributed by atoms with Crippen LogP contribution in [0.25, 0.3) is 5.69 Å². The standard InChI is InChI=1S/C12H9N3O/c13-6-11-10-7-16-8-12(10)15(14-11)9-4-2-1-3-5-9/h1-5H,7-8H2. The highest BCUT2D eigenvalue weighted by Crippen LogP contribution is 2.25. The van der Waals surface area contributed by atoms with Crippen molar-refractivity contribution in [1.82, 2.24) is 9.78 Å². The van der Waals surface area contributed by atoms with Crippen molar-refractivity contribution in [2.75, 3.05) is 0 Å². The van der Waals surface area contributed by atoms with E-state index in [0.717, 1.165) is 16.9 Å². The molecule has 0 unspecified atom stereocenters. The number of nitrogens with zero attached hydrogens (tertiary/aromatic N) is 3. The summed E-state index contributed by atoms with van der Waals surface area (Å²) in [6, 6.07) is 11.9. The lowest BCUT2D eigenvalue weighted by Gasteiger charge is -2.03. The number of hydrogen-bond acceptors (Lipinski definition) is 3. The lowest BCUT2D eigenvalue weighted by Crippen LogP contribution is -2.01. The Hall–Kier alpha value is -2.12. The van der Waals surface area contributed by atoms with Crippen LogP contribution in [-0.2, 0) is 18.0 Å². The van der Waals surface area contributed by atoms with Crippen LogP contribution in [-0.4, -0.2) is 9.78 Å². The molecule has 1 aromatic heterocycles. The third-order valence-electron chi connectivity index (χ3n) is 2.68. The van der Waals surface area contributed by atoms with Gasteiger partial charge in [0.05, 0.1) is 24.6 Å². The molecule has 0 spiro atoms. The molecule has 0 aliphatic carbocycles. The summed E-state index contributed by atoms with van der Waals surface area (Å²) in [4.78, 5) is 0. The lowest BCUT2D eigenvalue weighted by molar-refractivity contribution is 0.130. The summed E-state index contributed by atoms with van der Waals surface area (Å²) < 4.78 is 7.14. The Bertz CT molecular complexity index is 566. The van der Waals surface area contributed by atoms with Gasteiger partial charge in [-0.15, -0.1) is 0 Å². The summed E-state index contributed by atoms with van der Waals surface area (Å²) in [7, 11) is 0. The quantitative estimate of drug-likeness (QED) is 0.722. The van der Waals surface area contributed by atoms with Gasteiger partial charge in [0.2, 0.25) is 0 Å². The van der Waals surface area contributed by atoms with Crippen molar-refractivity contribution in [3.05, 3.63) is 47.3 Å². The third-order valence-corrected chi connectivity index (χ3v) is 2.68. The summed E-state index contributed by atoms with van der Waals surface area (Å²) >= 11 is 0. The lowest BCUT2D eigenvalue weighted by atomic mass is 10.2. The molecule has 2 aromatic rings. The van der Waals surface area contributed by atoms with Gasteiger partial charge in [0.1, 0.15) is 6.07 Å². The van der Waals surface area contributed by atoms with Crippen LogP contribution in [0.4, 0.5) is 0 Å². The molecule has 0 amide bonds. The maximum Gasteiger partial charge on any atom is 0.168 e. The van der Waals surface area contributed by atoms with Gasteiger partial charge in [0.25, 0.3) is 0 Å². The van der Waals surface area contributed by atoms with Crippen LogP contribution in [0.15, 0.2) is 30.3 Å². The first-order valence-corrected chi connectivity index (χ1v) is 5.04. The molecule has 0 bridgehead atoms. The topological polar surface area (TPSA) is 50.8 Å². The van der Waals surface area contributed by atoms with Crippen molar-refractivity contribution in [2.24, 2.45) is 0 Å². The fourth-order valence-electron chi connectivity index (χ4n) is 1.91. The highest BCUT2D eigenvalue weighted by molar-refractivity contribution is 5.42. The molecule has 0 atom stereocenters. The molecule has 2 heterocycles. The normalized spacial score (nSPS) is 13.4. The molecule has 0 radical (unpaired) electrons. The van der Waals surface area contributed by atoms with Crippen LogP contribution in [0.3, 0.4) is 0 Å². The molecule has 0 saturated carbocycles. The van der Waals surface area contributed by atoms with Gasteiger partial charge in [-0.25, -0.2) is 4.68 Å². The third kappa shape index (κ3) is 1.23. The van der Waals surface area contributed by atoms with E-state index in [-0.39, 0.29) is 0 Å². The Morgan fingerprint density at radius 2 is 2.06 bits per heavy atom. The predicted molar refractivity (Wildman–Crippen MR) is 56.8 cm³/mol. The molecule has 3 rings (SSSR count). The number of ether oxygens (including phenoxy) is 1. The fourth-order valence-corrected chi connectivity index (χ4v) is 1.91. The second-order valence-corrected chi connectivity index (χ2v) is 3.63. The highest BCUT2D eigenvalue weighted by atomic mass is 16.5. The summed E-state index contributed by atoms with van der Waals surface area (Å²) in [5, 5.41) is 13.3. The number of benzene rings is 1. The van der Waals surface area contributed by atoms with Crippen LogP contribution in [0.5, 0.6) is 0 Å². The van der Waals surface area contributed by atoms with Gasteiger partial charge in [-0.1, -0.05) is 18.2 Å². The Morgan fingerprint density at radius 1 is 1.25 bits per heavy atom. The van der Waals surface area contributed by atoms with Gasteiger partial charge < -0.3 is 4.74 Å². The van der Waals surface area contributed by atoms with Gasteiger partial charge in [-0.05, 0) is 12.1 Å². The molecule has 1 aliphatic rings. The van der Waals surface area contributed by atoms with Gasteiger partial charge in [0, 0.05) is 5.56 Å². The second kappa shape index (κ2) is 3.47. The van der Waals surface area contributed by atoms with Crippen LogP contribution in [0.2, 0.25) is 0 Å². The maximum atomic E-state index is 8.98. The van der Waals surface area contributed by atoms with Crippen LogP contribution < -0.4 is 0 Å². The Balaban J connectivity index is 2.20. The molecule has 16 heavy (non-hydrogen) atoms. The van der Waals surface area contributed by atoms with Crippen LogP contribution in [0.1, 0.15) is 17.0 Å². The summed E-state index contributed by atoms with van der Waals surface area (Å²) in [6.45, 7) is 1.02. The molecule has 1 aliphatic heterocycles. The average Bonchev–Trinajstić information content (AvgIpc) is 2.91. The smallest absolute Gasteiger partial charge is 0.168 e. The SMILES string of the molecule is N#Cc1nn(-c2ccccc2)c2c1COC2. The first-order valence-electron chi connectivity index (χ1n) is 5.04. The van der Waals surface area contributed by atoms with Gasteiger partial charge in [0.15, 0.2) is 5.69 Å². The van der Waals surface area contributed by atoms with E-state index in [0.29, 0.717) is 18.9 Å². The van der Waals surface area contributed by atoms with Crippen molar-refractivity contribution >= 4 is 0 Å². The first-order chi connectivity index (χ1) is 7.90. The van der Waals surface area contributed by atoms with Crippen molar-refractivity contribution in [3.8, 4) is 11.8 Å². The molecule has 0 saturated heterocycles. The van der Waals surface area contributed by atoms with E-state index < -0.39 is 0 Å². The Morgan fingerprint density at radius 3 is 2.81 bits per heavy atom. The molecule has 0 N–H and O–H groups in total. The number of para-hydroxylation sites is 1. The van der Waals surface area contributed by atoms with E-state index in [9.17, 15) is 0 Å². The number of hydrogen-bond donors (Lipinski definition) is 0. The van der Waals surface area contributed by atoms with Gasteiger partial charge in [-0.2, -0.15) is 10.4 Å². The molecule has 4 heteroatoms. The largest absolute Gasteiger partial charge is 0.370 e. The number of aromatic nitrogens is 2. The summed E-state index contributed by atoms with van der Waals surface area (Å²) in [5.41, 5.74) is 3.34. The monoisotopic (exact) mass is 211 g/mol. The molecule has 4 nitrogen and oxygen atoms in total. The summed E-state index contributed by atoms with van der Waals surface area (Å²) in [5.74, 6) is 0. The van der Waals surface area contributed by atoms with E-state index in [1.807, 2.05) is 30.3 Å². The minimum Gasteiger partial charge on any atom is -0.370 e. The number of nitriles is 1. The van der Waals surface area contributed by atoms with E-state index in [1.165, 1.54) is 0 Å². The van der Waals surface area contributed by atoms with Gasteiger partial charge in [-0.3, -0.25) is 0 Å². The minimum atomic E-state index is 0.469. The molecule has 78 valence electrons. The highest BCUT2D eigenvalue weighted by Gasteiger charge is 2.23. The van der Waals surface area contributed by atoms with E-state index in [1.54, 1.807) is 4.68 Å². The van der Waals surface area contributed by atoms with E-state index in [2.05, 4.69) is 11.2 Å². The predicted octanol–water partition coefficient (Wildman–Crippen LogP) is 1.77. The molecular formula is C12H9N3O. The average molecular weight is 211 g/mol. The zero-order chi connectivity index (χ0) is 11.0. The zero-order valence-electron chi connectivity index (χ0n) is 8.55. The van der Waals surface area contributed by atoms with Crippen molar-refractivity contribution in [1.29, 1.82) is 5.26 Å².